The first-order chi connectivity index (χ1) is 8.36. The first-order valence-electron chi connectivity index (χ1n) is 7.50. The normalized spacial score (nSPS) is 24.5. The minimum absolute atomic E-state index is 0.230. The molecule has 0 radical (unpaired) electrons. The van der Waals surface area contributed by atoms with Crippen LogP contribution in [0.1, 0.15) is 40.5 Å². The number of nitrogens with zero attached hydrogens (tertiary/aromatic N) is 2. The molecule has 1 aliphatic rings. The highest BCUT2D eigenvalue weighted by Crippen LogP contribution is 2.20. The monoisotopic (exact) mass is 255 g/mol. The van der Waals surface area contributed by atoms with E-state index in [1.54, 1.807) is 0 Å². The van der Waals surface area contributed by atoms with Crippen molar-refractivity contribution in [3.05, 3.63) is 0 Å². The van der Waals surface area contributed by atoms with Gasteiger partial charge in [0.2, 0.25) is 0 Å². The Hall–Kier alpha value is -0.120. The summed E-state index contributed by atoms with van der Waals surface area (Å²) in [6.07, 6.45) is 2.74. The number of likely N-dealkylation sites (tertiary alicyclic amines) is 1. The predicted octanol–water partition coefficient (Wildman–Crippen LogP) is 2.04. The Morgan fingerprint density at radius 3 is 2.61 bits per heavy atom. The lowest BCUT2D eigenvalue weighted by atomic mass is 9.91. The molecule has 0 bridgehead atoms. The molecule has 0 aliphatic carbocycles. The molecule has 1 N–H and O–H groups in total. The first-order valence-corrected chi connectivity index (χ1v) is 7.50. The molecule has 1 aliphatic heterocycles. The van der Waals surface area contributed by atoms with E-state index in [1.807, 2.05) is 0 Å². The second-order valence-electron chi connectivity index (χ2n) is 6.67. The quantitative estimate of drug-likeness (QED) is 0.783. The van der Waals surface area contributed by atoms with Crippen LogP contribution >= 0.6 is 0 Å². The zero-order valence-electron chi connectivity index (χ0n) is 13.3. The van der Waals surface area contributed by atoms with Crippen molar-refractivity contribution in [1.29, 1.82) is 0 Å². The molecule has 0 aromatic carbocycles. The van der Waals surface area contributed by atoms with Crippen LogP contribution in [0.3, 0.4) is 0 Å². The highest BCUT2D eigenvalue weighted by atomic mass is 15.2. The van der Waals surface area contributed by atoms with Crippen LogP contribution in [0.25, 0.3) is 0 Å². The Balaban J connectivity index is 2.38. The van der Waals surface area contributed by atoms with Crippen LogP contribution in [0, 0.1) is 5.92 Å². The predicted molar refractivity (Wildman–Crippen MR) is 80.1 cm³/mol. The molecule has 1 saturated heterocycles. The highest BCUT2D eigenvalue weighted by Gasteiger charge is 2.26. The first kappa shape index (κ1) is 15.9. The zero-order chi connectivity index (χ0) is 13.8. The summed E-state index contributed by atoms with van der Waals surface area (Å²) in [6, 6.07) is 0.624. The molecule has 2 unspecified atom stereocenters. The fourth-order valence-corrected chi connectivity index (χ4v) is 2.52. The van der Waals surface area contributed by atoms with Crippen molar-refractivity contribution in [2.75, 3.05) is 40.3 Å². The third-order valence-electron chi connectivity index (χ3n) is 4.76. The number of hydrogen-bond acceptors (Lipinski definition) is 3. The molecule has 0 aromatic rings. The smallest absolute Gasteiger partial charge is 0.0271 e. The summed E-state index contributed by atoms with van der Waals surface area (Å²) in [4.78, 5) is 4.88. The molecule has 2 atom stereocenters. The van der Waals surface area contributed by atoms with E-state index >= 15 is 0 Å². The van der Waals surface area contributed by atoms with Gasteiger partial charge in [0.1, 0.15) is 0 Å². The van der Waals surface area contributed by atoms with Crippen LogP contribution in [0.4, 0.5) is 0 Å². The minimum atomic E-state index is 0.230. The van der Waals surface area contributed by atoms with Crippen molar-refractivity contribution in [3.63, 3.8) is 0 Å². The van der Waals surface area contributed by atoms with Crippen LogP contribution in [-0.4, -0.2) is 61.7 Å². The summed E-state index contributed by atoms with van der Waals surface area (Å²) in [5.41, 5.74) is 0.230. The summed E-state index contributed by atoms with van der Waals surface area (Å²) in [5.74, 6) is 0.816. The lowest BCUT2D eigenvalue weighted by Gasteiger charge is -2.38. The van der Waals surface area contributed by atoms with Gasteiger partial charge in [-0.3, -0.25) is 0 Å². The Bertz CT molecular complexity index is 238. The van der Waals surface area contributed by atoms with Gasteiger partial charge >= 0.3 is 0 Å². The van der Waals surface area contributed by atoms with Gasteiger partial charge in [-0.25, -0.2) is 0 Å². The highest BCUT2D eigenvalue weighted by molar-refractivity contribution is 4.85. The Labute approximate surface area is 114 Å². The molecule has 0 spiro atoms. The average molecular weight is 255 g/mol. The SMILES string of the molecule is CCN1CCCC(C(C)NCC(C)(C)N(C)C)C1. The number of piperidine rings is 1. The van der Waals surface area contributed by atoms with Crippen LogP contribution in [0.15, 0.2) is 0 Å². The Morgan fingerprint density at radius 1 is 1.39 bits per heavy atom. The van der Waals surface area contributed by atoms with Crippen molar-refractivity contribution < 1.29 is 0 Å². The van der Waals surface area contributed by atoms with Gasteiger partial charge in [-0.1, -0.05) is 6.92 Å². The average Bonchev–Trinajstić information content (AvgIpc) is 2.36. The van der Waals surface area contributed by atoms with E-state index in [0.29, 0.717) is 6.04 Å². The van der Waals surface area contributed by atoms with Crippen molar-refractivity contribution in [3.8, 4) is 0 Å². The summed E-state index contributed by atoms with van der Waals surface area (Å²) < 4.78 is 0. The van der Waals surface area contributed by atoms with Gasteiger partial charge in [-0.05, 0) is 66.7 Å². The number of rotatable bonds is 6. The number of nitrogens with one attached hydrogen (secondary N) is 1. The molecule has 108 valence electrons. The van der Waals surface area contributed by atoms with E-state index in [2.05, 4.69) is 56.9 Å². The molecule has 0 saturated carbocycles. The van der Waals surface area contributed by atoms with Gasteiger partial charge in [0.05, 0.1) is 0 Å². The molecule has 1 fully saturated rings. The molecular weight excluding hydrogens is 222 g/mol. The number of likely N-dealkylation sites (N-methyl/N-ethyl adjacent to an activating group) is 1. The minimum Gasteiger partial charge on any atom is -0.312 e. The maximum atomic E-state index is 3.75. The molecule has 1 rings (SSSR count). The van der Waals surface area contributed by atoms with E-state index in [0.717, 1.165) is 12.5 Å². The van der Waals surface area contributed by atoms with Crippen LogP contribution in [0.5, 0.6) is 0 Å². The fraction of sp³-hybridized carbons (Fsp3) is 1.00. The molecular formula is C15H33N3. The molecule has 0 amide bonds. The van der Waals surface area contributed by atoms with Crippen LogP contribution < -0.4 is 5.32 Å². The van der Waals surface area contributed by atoms with Crippen LogP contribution in [0.2, 0.25) is 0 Å². The van der Waals surface area contributed by atoms with Gasteiger partial charge < -0.3 is 15.1 Å². The van der Waals surface area contributed by atoms with E-state index < -0.39 is 0 Å². The van der Waals surface area contributed by atoms with Crippen molar-refractivity contribution >= 4 is 0 Å². The van der Waals surface area contributed by atoms with E-state index in [4.69, 9.17) is 0 Å². The Morgan fingerprint density at radius 2 is 2.06 bits per heavy atom. The van der Waals surface area contributed by atoms with Gasteiger partial charge in [0.25, 0.3) is 0 Å². The second kappa shape index (κ2) is 6.88. The maximum Gasteiger partial charge on any atom is 0.0271 e. The van der Waals surface area contributed by atoms with Gasteiger partial charge in [-0.15, -0.1) is 0 Å². The van der Waals surface area contributed by atoms with Gasteiger partial charge in [-0.2, -0.15) is 0 Å². The molecule has 1 heterocycles. The lowest BCUT2D eigenvalue weighted by Crippen LogP contribution is -2.52. The van der Waals surface area contributed by atoms with Gasteiger partial charge in [0, 0.05) is 24.7 Å². The van der Waals surface area contributed by atoms with E-state index in [1.165, 1.54) is 32.5 Å². The lowest BCUT2D eigenvalue weighted by molar-refractivity contribution is 0.139. The largest absolute Gasteiger partial charge is 0.312 e. The topological polar surface area (TPSA) is 18.5 Å². The van der Waals surface area contributed by atoms with Crippen molar-refractivity contribution in [2.45, 2.75) is 52.1 Å². The summed E-state index contributed by atoms with van der Waals surface area (Å²) in [6.45, 7) is 14.1. The summed E-state index contributed by atoms with van der Waals surface area (Å²) in [7, 11) is 4.32. The molecule has 18 heavy (non-hydrogen) atoms. The van der Waals surface area contributed by atoms with E-state index in [9.17, 15) is 0 Å². The van der Waals surface area contributed by atoms with E-state index in [-0.39, 0.29) is 5.54 Å². The summed E-state index contributed by atoms with van der Waals surface area (Å²) in [5, 5.41) is 3.75. The standard InChI is InChI=1S/C15H33N3/c1-7-18-10-8-9-14(11-18)13(2)16-12-15(3,4)17(5)6/h13-14,16H,7-12H2,1-6H3. The molecule has 3 nitrogen and oxygen atoms in total. The third kappa shape index (κ3) is 4.52. The number of hydrogen-bond donors (Lipinski definition) is 1. The fourth-order valence-electron chi connectivity index (χ4n) is 2.52. The van der Waals surface area contributed by atoms with Crippen molar-refractivity contribution in [1.82, 2.24) is 15.1 Å². The summed E-state index contributed by atoms with van der Waals surface area (Å²) >= 11 is 0. The third-order valence-corrected chi connectivity index (χ3v) is 4.76. The van der Waals surface area contributed by atoms with Crippen molar-refractivity contribution in [2.24, 2.45) is 5.92 Å². The maximum absolute atomic E-state index is 3.75. The second-order valence-corrected chi connectivity index (χ2v) is 6.67. The molecule has 3 heteroatoms. The Kier molecular flexibility index (Phi) is 6.09. The zero-order valence-corrected chi connectivity index (χ0v) is 13.3. The van der Waals surface area contributed by atoms with Crippen LogP contribution in [-0.2, 0) is 0 Å². The molecule has 0 aromatic heterocycles. The van der Waals surface area contributed by atoms with Gasteiger partial charge in [0.15, 0.2) is 0 Å².